The molecule has 0 aliphatic carbocycles. The van der Waals surface area contributed by atoms with Gasteiger partial charge in [-0.25, -0.2) is 0 Å². The summed E-state index contributed by atoms with van der Waals surface area (Å²) in [6.07, 6.45) is -4.48. The monoisotopic (exact) mass is 246 g/mol. The van der Waals surface area contributed by atoms with Crippen LogP contribution in [0, 0.1) is 0 Å². The lowest BCUT2D eigenvalue weighted by atomic mass is 9.95. The van der Waals surface area contributed by atoms with Crippen molar-refractivity contribution < 1.29 is 27.9 Å². The molecule has 1 rings (SSSR count). The maximum atomic E-state index is 12.3. The summed E-state index contributed by atoms with van der Waals surface area (Å²) in [4.78, 5) is 21.8. The number of Topliss-reactive ketones (excluding diaryl/α,β-unsaturated/α-hetero) is 1. The molecule has 0 aromatic heterocycles. The van der Waals surface area contributed by atoms with Crippen LogP contribution in [0.25, 0.3) is 0 Å². The molecule has 1 atom stereocenters. The number of benzene rings is 1. The van der Waals surface area contributed by atoms with E-state index in [4.69, 9.17) is 5.11 Å². The van der Waals surface area contributed by atoms with Crippen LogP contribution in [-0.4, -0.2) is 16.9 Å². The van der Waals surface area contributed by atoms with E-state index in [0.29, 0.717) is 0 Å². The van der Waals surface area contributed by atoms with E-state index in [1.165, 1.54) is 0 Å². The summed E-state index contributed by atoms with van der Waals surface area (Å²) < 4.78 is 36.8. The van der Waals surface area contributed by atoms with Crippen molar-refractivity contribution in [3.05, 3.63) is 35.4 Å². The third-order valence-electron chi connectivity index (χ3n) is 2.22. The Morgan fingerprint density at radius 2 is 1.65 bits per heavy atom. The third kappa shape index (κ3) is 3.05. The number of carbonyl (C=O) groups excluding carboxylic acids is 1. The van der Waals surface area contributed by atoms with Gasteiger partial charge >= 0.3 is 12.1 Å². The first-order valence-electron chi connectivity index (χ1n) is 4.64. The van der Waals surface area contributed by atoms with Crippen molar-refractivity contribution in [1.82, 2.24) is 0 Å². The number of hydrogen-bond acceptors (Lipinski definition) is 2. The van der Waals surface area contributed by atoms with Crippen molar-refractivity contribution in [2.24, 2.45) is 0 Å². The van der Waals surface area contributed by atoms with Crippen molar-refractivity contribution in [3.63, 3.8) is 0 Å². The van der Waals surface area contributed by atoms with Gasteiger partial charge in [0.15, 0.2) is 0 Å². The summed E-state index contributed by atoms with van der Waals surface area (Å²) in [6.45, 7) is 1.08. The molecule has 1 aromatic carbocycles. The molecule has 0 heterocycles. The van der Waals surface area contributed by atoms with E-state index in [2.05, 4.69) is 0 Å². The van der Waals surface area contributed by atoms with E-state index < -0.39 is 29.4 Å². The zero-order chi connectivity index (χ0) is 13.2. The van der Waals surface area contributed by atoms with E-state index in [1.807, 2.05) is 0 Å². The van der Waals surface area contributed by atoms with Crippen molar-refractivity contribution in [2.75, 3.05) is 0 Å². The SMILES string of the molecule is CC(=O)C(C(=O)O)c1ccc(C(F)(F)F)cc1. The van der Waals surface area contributed by atoms with E-state index in [0.717, 1.165) is 31.2 Å². The quantitative estimate of drug-likeness (QED) is 0.833. The Labute approximate surface area is 94.9 Å². The number of carbonyl (C=O) groups is 2. The molecule has 0 saturated carbocycles. The van der Waals surface area contributed by atoms with Gasteiger partial charge in [-0.3, -0.25) is 9.59 Å². The van der Waals surface area contributed by atoms with Crippen LogP contribution in [0.4, 0.5) is 13.2 Å². The summed E-state index contributed by atoms with van der Waals surface area (Å²) in [5, 5.41) is 8.78. The van der Waals surface area contributed by atoms with Gasteiger partial charge in [-0.05, 0) is 24.6 Å². The molecule has 0 aliphatic heterocycles. The van der Waals surface area contributed by atoms with Gasteiger partial charge in [0.05, 0.1) is 5.56 Å². The topological polar surface area (TPSA) is 54.4 Å². The third-order valence-corrected chi connectivity index (χ3v) is 2.22. The van der Waals surface area contributed by atoms with Gasteiger partial charge in [-0.15, -0.1) is 0 Å². The fourth-order valence-corrected chi connectivity index (χ4v) is 1.42. The highest BCUT2D eigenvalue weighted by Crippen LogP contribution is 2.30. The number of rotatable bonds is 3. The maximum absolute atomic E-state index is 12.3. The van der Waals surface area contributed by atoms with Gasteiger partial charge in [-0.2, -0.15) is 13.2 Å². The number of halogens is 3. The predicted molar refractivity (Wildman–Crippen MR) is 52.5 cm³/mol. The van der Waals surface area contributed by atoms with Crippen LogP contribution in [0.15, 0.2) is 24.3 Å². The maximum Gasteiger partial charge on any atom is 0.416 e. The number of carboxylic acid groups (broad SMARTS) is 1. The number of ketones is 1. The smallest absolute Gasteiger partial charge is 0.416 e. The van der Waals surface area contributed by atoms with E-state index in [1.54, 1.807) is 0 Å². The summed E-state index contributed by atoms with van der Waals surface area (Å²) in [7, 11) is 0. The molecule has 17 heavy (non-hydrogen) atoms. The average Bonchev–Trinajstić information content (AvgIpc) is 2.15. The first-order chi connectivity index (χ1) is 7.73. The second-order valence-electron chi connectivity index (χ2n) is 3.50. The Morgan fingerprint density at radius 1 is 1.18 bits per heavy atom. The van der Waals surface area contributed by atoms with Crippen LogP contribution in [0.3, 0.4) is 0 Å². The second kappa shape index (κ2) is 4.57. The van der Waals surface area contributed by atoms with Crippen LogP contribution in [0.1, 0.15) is 24.0 Å². The van der Waals surface area contributed by atoms with Gasteiger partial charge in [0, 0.05) is 0 Å². The lowest BCUT2D eigenvalue weighted by molar-refractivity contribution is -0.142. The van der Waals surface area contributed by atoms with Crippen molar-refractivity contribution in [2.45, 2.75) is 19.0 Å². The summed E-state index contributed by atoms with van der Waals surface area (Å²) in [5.74, 6) is -3.42. The van der Waals surface area contributed by atoms with Crippen LogP contribution < -0.4 is 0 Å². The minimum absolute atomic E-state index is 0.0398. The molecule has 0 spiro atoms. The van der Waals surface area contributed by atoms with E-state index in [-0.39, 0.29) is 5.56 Å². The Morgan fingerprint density at radius 3 is 1.94 bits per heavy atom. The van der Waals surface area contributed by atoms with Gasteiger partial charge < -0.3 is 5.11 Å². The van der Waals surface area contributed by atoms with Crippen LogP contribution in [-0.2, 0) is 15.8 Å². The zero-order valence-electron chi connectivity index (χ0n) is 8.78. The first kappa shape index (κ1) is 13.2. The Hall–Kier alpha value is -1.85. The Bertz CT molecular complexity index is 420. The number of aliphatic carboxylic acids is 1. The Balaban J connectivity index is 3.09. The van der Waals surface area contributed by atoms with Gasteiger partial charge in [-0.1, -0.05) is 12.1 Å². The molecule has 1 aromatic rings. The molecule has 92 valence electrons. The molecule has 3 nitrogen and oxygen atoms in total. The standard InChI is InChI=1S/C11H9F3O3/c1-6(15)9(10(16)17)7-2-4-8(5-3-7)11(12,13)14/h2-5,9H,1H3,(H,16,17). The second-order valence-corrected chi connectivity index (χ2v) is 3.50. The molecule has 0 radical (unpaired) electrons. The first-order valence-corrected chi connectivity index (χ1v) is 4.64. The molecule has 1 N–H and O–H groups in total. The summed E-state index contributed by atoms with van der Waals surface area (Å²) in [5.41, 5.74) is -0.841. The highest BCUT2D eigenvalue weighted by atomic mass is 19.4. The molecule has 0 fully saturated rings. The highest BCUT2D eigenvalue weighted by molar-refractivity contribution is 6.02. The van der Waals surface area contributed by atoms with Crippen molar-refractivity contribution >= 4 is 11.8 Å². The summed E-state index contributed by atoms with van der Waals surface area (Å²) in [6, 6.07) is 3.52. The molecule has 0 aliphatic rings. The number of alkyl halides is 3. The molecule has 0 saturated heterocycles. The number of carboxylic acids is 1. The lowest BCUT2D eigenvalue weighted by Gasteiger charge is -2.11. The molecule has 0 bridgehead atoms. The molecule has 1 unspecified atom stereocenters. The van der Waals surface area contributed by atoms with E-state index in [9.17, 15) is 22.8 Å². The predicted octanol–water partition coefficient (Wildman–Crippen LogP) is 2.46. The fourth-order valence-electron chi connectivity index (χ4n) is 1.42. The zero-order valence-corrected chi connectivity index (χ0v) is 8.78. The highest BCUT2D eigenvalue weighted by Gasteiger charge is 2.31. The minimum Gasteiger partial charge on any atom is -0.480 e. The molecular formula is C11H9F3O3. The Kier molecular flexibility index (Phi) is 3.55. The van der Waals surface area contributed by atoms with Crippen molar-refractivity contribution in [1.29, 1.82) is 0 Å². The van der Waals surface area contributed by atoms with Crippen LogP contribution in [0.2, 0.25) is 0 Å². The van der Waals surface area contributed by atoms with Crippen LogP contribution >= 0.6 is 0 Å². The average molecular weight is 246 g/mol. The van der Waals surface area contributed by atoms with Gasteiger partial charge in [0.25, 0.3) is 0 Å². The number of hydrogen-bond donors (Lipinski definition) is 1. The minimum atomic E-state index is -4.48. The van der Waals surface area contributed by atoms with Crippen LogP contribution in [0.5, 0.6) is 0 Å². The summed E-state index contributed by atoms with van der Waals surface area (Å²) >= 11 is 0. The van der Waals surface area contributed by atoms with Gasteiger partial charge in [0.2, 0.25) is 0 Å². The normalized spacial score (nSPS) is 13.2. The van der Waals surface area contributed by atoms with Crippen molar-refractivity contribution in [3.8, 4) is 0 Å². The van der Waals surface area contributed by atoms with E-state index >= 15 is 0 Å². The van der Waals surface area contributed by atoms with Gasteiger partial charge in [0.1, 0.15) is 11.7 Å². The fraction of sp³-hybridized carbons (Fsp3) is 0.273. The molecule has 6 heteroatoms. The molecular weight excluding hydrogens is 237 g/mol. The lowest BCUT2D eigenvalue weighted by Crippen LogP contribution is -2.19. The largest absolute Gasteiger partial charge is 0.480 e. The molecule has 0 amide bonds.